The van der Waals surface area contributed by atoms with Crippen molar-refractivity contribution < 1.29 is 8.42 Å². The Balaban J connectivity index is 1.52. The lowest BCUT2D eigenvalue weighted by Crippen LogP contribution is -2.40. The van der Waals surface area contributed by atoms with Crippen LogP contribution in [-0.4, -0.2) is 42.8 Å². The van der Waals surface area contributed by atoms with Gasteiger partial charge in [0.25, 0.3) is 10.0 Å². The lowest BCUT2D eigenvalue weighted by molar-refractivity contribution is 0.175. The molecule has 31 heavy (non-hydrogen) atoms. The van der Waals surface area contributed by atoms with Crippen molar-refractivity contribution in [2.45, 2.75) is 38.1 Å². The van der Waals surface area contributed by atoms with Gasteiger partial charge in [0.1, 0.15) is 0 Å². The van der Waals surface area contributed by atoms with Crippen LogP contribution in [-0.2, 0) is 16.4 Å². The lowest BCUT2D eigenvalue weighted by Gasteiger charge is -2.41. The summed E-state index contributed by atoms with van der Waals surface area (Å²) < 4.78 is 30.6. The molecular formula is C22H25ClN4O2S2. The molecular weight excluding hydrogens is 452 g/mol. The Morgan fingerprint density at radius 3 is 2.90 bits per heavy atom. The van der Waals surface area contributed by atoms with Crippen molar-refractivity contribution in [3.05, 3.63) is 51.6 Å². The second-order valence-corrected chi connectivity index (χ2v) is 11.8. The molecule has 0 radical (unpaired) electrons. The van der Waals surface area contributed by atoms with Crippen LogP contribution in [0.15, 0.2) is 40.4 Å². The number of allylic oxidation sites excluding steroid dienone is 1. The van der Waals surface area contributed by atoms with Gasteiger partial charge in [-0.05, 0) is 68.6 Å². The zero-order valence-electron chi connectivity index (χ0n) is 17.8. The Hall–Kier alpha value is -1.87. The molecule has 0 bridgehead atoms. The fourth-order valence-corrected chi connectivity index (χ4v) is 7.86. The summed E-state index contributed by atoms with van der Waals surface area (Å²) in [4.78, 5) is 7.10. The first kappa shape index (κ1) is 21.0. The molecule has 1 atom stereocenters. The number of halogens is 1. The third kappa shape index (κ3) is 3.50. The monoisotopic (exact) mass is 476 g/mol. The number of hydrogen-bond donors (Lipinski definition) is 1. The quantitative estimate of drug-likeness (QED) is 0.580. The maximum absolute atomic E-state index is 13.2. The van der Waals surface area contributed by atoms with Crippen LogP contribution in [0.25, 0.3) is 10.5 Å². The number of anilines is 1. The van der Waals surface area contributed by atoms with E-state index < -0.39 is 10.0 Å². The van der Waals surface area contributed by atoms with E-state index in [1.54, 1.807) is 11.6 Å². The number of rotatable bonds is 4. The van der Waals surface area contributed by atoms with E-state index in [4.69, 9.17) is 11.6 Å². The average molecular weight is 477 g/mol. The minimum atomic E-state index is -3.89. The van der Waals surface area contributed by atoms with Crippen molar-refractivity contribution in [1.82, 2.24) is 14.3 Å². The highest BCUT2D eigenvalue weighted by molar-refractivity contribution is 7.92. The first-order chi connectivity index (χ1) is 14.7. The minimum Gasteiger partial charge on any atom is -0.305 e. The molecule has 6 nitrogen and oxygen atoms in total. The van der Waals surface area contributed by atoms with Gasteiger partial charge in [-0.25, -0.2) is 4.98 Å². The van der Waals surface area contributed by atoms with E-state index in [0.717, 1.165) is 31.5 Å². The van der Waals surface area contributed by atoms with Gasteiger partial charge in [-0.3, -0.25) is 9.12 Å². The van der Waals surface area contributed by atoms with Crippen molar-refractivity contribution in [3.63, 3.8) is 0 Å². The normalized spacial score (nSPS) is 22.3. The van der Waals surface area contributed by atoms with E-state index in [-0.39, 0.29) is 15.6 Å². The molecule has 0 amide bonds. The van der Waals surface area contributed by atoms with E-state index >= 15 is 0 Å². The van der Waals surface area contributed by atoms with Gasteiger partial charge in [-0.15, -0.1) is 11.3 Å². The molecule has 1 N–H and O–H groups in total. The van der Waals surface area contributed by atoms with Crippen molar-refractivity contribution in [3.8, 4) is 0 Å². The molecule has 1 saturated heterocycles. The molecule has 1 aliphatic carbocycles. The Labute approximate surface area is 191 Å². The first-order valence-corrected chi connectivity index (χ1v) is 13.1. The summed E-state index contributed by atoms with van der Waals surface area (Å²) in [7, 11) is -1.72. The molecule has 3 aromatic rings. The number of imidazole rings is 1. The Morgan fingerprint density at radius 2 is 2.13 bits per heavy atom. The number of piperidine rings is 1. The average Bonchev–Trinajstić information content (AvgIpc) is 3.32. The fourth-order valence-electron chi connectivity index (χ4n) is 5.35. The molecule has 2 aromatic heterocycles. The standard InChI is InChI=1S/C22H25ClN4O2S2/c1-14-11-15-5-6-16(12-17(15)18(14)22(2)7-4-8-26(3)13-22)25-31(28,29)20-19(23)24-21-27(20)9-10-30-21/h5-6,9-10,12,25H,4,7-8,11,13H2,1-3H3/t22-/m1/s1. The topological polar surface area (TPSA) is 66.7 Å². The van der Waals surface area contributed by atoms with Crippen molar-refractivity contribution >= 4 is 49.2 Å². The largest absolute Gasteiger partial charge is 0.305 e. The van der Waals surface area contributed by atoms with Crippen molar-refractivity contribution in [2.75, 3.05) is 24.9 Å². The number of benzene rings is 1. The van der Waals surface area contributed by atoms with E-state index in [1.165, 1.54) is 38.9 Å². The second-order valence-electron chi connectivity index (χ2n) is 8.97. The van der Waals surface area contributed by atoms with E-state index in [9.17, 15) is 8.42 Å². The number of aromatic nitrogens is 2. The van der Waals surface area contributed by atoms with Crippen LogP contribution >= 0.6 is 22.9 Å². The zero-order valence-corrected chi connectivity index (χ0v) is 20.2. The number of thiazole rings is 1. The molecule has 3 heterocycles. The van der Waals surface area contributed by atoms with Gasteiger partial charge >= 0.3 is 0 Å². The molecule has 2 aliphatic rings. The Bertz CT molecular complexity index is 1320. The van der Waals surface area contributed by atoms with Gasteiger partial charge in [0.2, 0.25) is 0 Å². The molecule has 1 fully saturated rings. The number of sulfonamides is 1. The highest BCUT2D eigenvalue weighted by Gasteiger charge is 2.38. The Morgan fingerprint density at radius 1 is 1.32 bits per heavy atom. The van der Waals surface area contributed by atoms with Crippen LogP contribution in [0.3, 0.4) is 0 Å². The van der Waals surface area contributed by atoms with Gasteiger partial charge < -0.3 is 4.90 Å². The number of hydrogen-bond acceptors (Lipinski definition) is 5. The fraction of sp³-hybridized carbons (Fsp3) is 0.409. The highest BCUT2D eigenvalue weighted by Crippen LogP contribution is 2.49. The molecule has 9 heteroatoms. The number of likely N-dealkylation sites (tertiary alicyclic amines) is 1. The smallest absolute Gasteiger partial charge is 0.281 e. The van der Waals surface area contributed by atoms with Crippen LogP contribution < -0.4 is 4.72 Å². The summed E-state index contributed by atoms with van der Waals surface area (Å²) in [5, 5.41) is 1.74. The molecule has 1 aromatic carbocycles. The summed E-state index contributed by atoms with van der Waals surface area (Å²) in [5.41, 5.74) is 5.78. The van der Waals surface area contributed by atoms with E-state index in [2.05, 4.69) is 35.5 Å². The van der Waals surface area contributed by atoms with Crippen LogP contribution in [0.1, 0.15) is 37.8 Å². The number of nitrogens with one attached hydrogen (secondary N) is 1. The summed E-state index contributed by atoms with van der Waals surface area (Å²) >= 11 is 7.51. The molecule has 0 spiro atoms. The van der Waals surface area contributed by atoms with E-state index in [0.29, 0.717) is 10.6 Å². The first-order valence-electron chi connectivity index (χ1n) is 10.3. The minimum absolute atomic E-state index is 0.0188. The molecule has 0 saturated carbocycles. The number of fused-ring (bicyclic) bond motifs is 2. The van der Waals surface area contributed by atoms with Gasteiger partial charge in [-0.2, -0.15) is 8.42 Å². The summed E-state index contributed by atoms with van der Waals surface area (Å²) in [6.07, 6.45) is 4.89. The van der Waals surface area contributed by atoms with Crippen molar-refractivity contribution in [1.29, 1.82) is 0 Å². The third-order valence-electron chi connectivity index (χ3n) is 6.44. The molecule has 5 rings (SSSR count). The summed E-state index contributed by atoms with van der Waals surface area (Å²) in [6.45, 7) is 6.68. The van der Waals surface area contributed by atoms with Gasteiger partial charge in [0, 0.05) is 29.2 Å². The molecule has 1 aliphatic heterocycles. The molecule has 164 valence electrons. The van der Waals surface area contributed by atoms with Gasteiger partial charge in [0.15, 0.2) is 15.1 Å². The van der Waals surface area contributed by atoms with Crippen LogP contribution in [0.4, 0.5) is 5.69 Å². The predicted molar refractivity (Wildman–Crippen MR) is 126 cm³/mol. The van der Waals surface area contributed by atoms with Gasteiger partial charge in [-0.1, -0.05) is 30.2 Å². The predicted octanol–water partition coefficient (Wildman–Crippen LogP) is 4.91. The van der Waals surface area contributed by atoms with Gasteiger partial charge in [0.05, 0.1) is 0 Å². The lowest BCUT2D eigenvalue weighted by atomic mass is 9.72. The SMILES string of the molecule is CC1=C([C@]2(C)CCCN(C)C2)c2cc(NS(=O)(=O)c3c(Cl)nc4sccn34)ccc2C1. The summed E-state index contributed by atoms with van der Waals surface area (Å²) in [6, 6.07) is 5.86. The second kappa shape index (κ2) is 7.33. The number of nitrogens with zero attached hydrogens (tertiary/aromatic N) is 3. The van der Waals surface area contributed by atoms with Crippen LogP contribution in [0, 0.1) is 5.41 Å². The van der Waals surface area contributed by atoms with Crippen LogP contribution in [0.5, 0.6) is 0 Å². The Kier molecular flexibility index (Phi) is 4.97. The zero-order chi connectivity index (χ0) is 22.0. The maximum Gasteiger partial charge on any atom is 0.281 e. The molecule has 0 unspecified atom stereocenters. The van der Waals surface area contributed by atoms with Crippen LogP contribution in [0.2, 0.25) is 5.15 Å². The maximum atomic E-state index is 13.2. The highest BCUT2D eigenvalue weighted by atomic mass is 35.5. The summed E-state index contributed by atoms with van der Waals surface area (Å²) in [5.74, 6) is 0. The third-order valence-corrected chi connectivity index (χ3v) is 8.97. The van der Waals surface area contributed by atoms with E-state index in [1.807, 2.05) is 18.2 Å². The van der Waals surface area contributed by atoms with Crippen molar-refractivity contribution in [2.24, 2.45) is 5.41 Å².